The van der Waals surface area contributed by atoms with E-state index in [0.717, 1.165) is 36.9 Å². The molecule has 4 aromatic rings. The zero-order chi connectivity index (χ0) is 23.5. The number of aromatic amines is 1. The van der Waals surface area contributed by atoms with E-state index in [1.165, 1.54) is 35.1 Å². The maximum absolute atomic E-state index is 12.7. The van der Waals surface area contributed by atoms with Gasteiger partial charge in [-0.2, -0.15) is 0 Å². The molecule has 0 aliphatic heterocycles. The van der Waals surface area contributed by atoms with Crippen molar-refractivity contribution in [2.75, 3.05) is 18.2 Å². The molecule has 0 atom stereocenters. The zero-order valence-electron chi connectivity index (χ0n) is 18.5. The highest BCUT2D eigenvalue weighted by atomic mass is 32.2. The molecule has 1 aliphatic rings. The van der Waals surface area contributed by atoms with E-state index < -0.39 is 5.97 Å². The number of nitrogens with zero attached hydrogens (tertiary/aromatic N) is 1. The van der Waals surface area contributed by atoms with Crippen LogP contribution in [0, 0.1) is 0 Å². The number of fused-ring (bicyclic) bond motifs is 1. The quantitative estimate of drug-likeness (QED) is 0.235. The fraction of sp³-hybridized carbons (Fsp3) is 0.292. The molecule has 0 saturated heterocycles. The van der Waals surface area contributed by atoms with Crippen LogP contribution < -0.4 is 5.32 Å². The Bertz CT molecular complexity index is 1240. The highest BCUT2D eigenvalue weighted by Gasteiger charge is 2.27. The van der Waals surface area contributed by atoms with Gasteiger partial charge in [0.15, 0.2) is 16.7 Å². The highest BCUT2D eigenvalue weighted by Crippen LogP contribution is 2.39. The number of imidazole rings is 1. The first-order valence-electron chi connectivity index (χ1n) is 11.0. The van der Waals surface area contributed by atoms with E-state index in [1.54, 1.807) is 18.6 Å². The van der Waals surface area contributed by atoms with Gasteiger partial charge < -0.3 is 23.9 Å². The van der Waals surface area contributed by atoms with Crippen LogP contribution in [-0.2, 0) is 22.4 Å². The van der Waals surface area contributed by atoms with Gasteiger partial charge in [-0.25, -0.2) is 9.78 Å². The minimum Gasteiger partial charge on any atom is -0.465 e. The number of carbonyl (C=O) groups is 2. The molecule has 0 saturated carbocycles. The molecule has 8 nitrogen and oxygen atoms in total. The van der Waals surface area contributed by atoms with Crippen LogP contribution >= 0.6 is 23.1 Å². The summed E-state index contributed by atoms with van der Waals surface area (Å²) in [7, 11) is 1.37. The molecule has 5 rings (SSSR count). The van der Waals surface area contributed by atoms with E-state index >= 15 is 0 Å². The number of rotatable bonds is 8. The first-order valence-corrected chi connectivity index (χ1v) is 12.8. The van der Waals surface area contributed by atoms with Crippen molar-refractivity contribution in [2.24, 2.45) is 0 Å². The number of amides is 1. The van der Waals surface area contributed by atoms with Crippen LogP contribution in [0.25, 0.3) is 22.9 Å². The number of methoxy groups -OCH3 is 1. The van der Waals surface area contributed by atoms with E-state index in [2.05, 4.69) is 15.3 Å². The minimum atomic E-state index is -0.393. The first kappa shape index (κ1) is 22.5. The second-order valence-electron chi connectivity index (χ2n) is 7.77. The third-order valence-corrected chi connectivity index (χ3v) is 7.67. The van der Waals surface area contributed by atoms with Crippen molar-refractivity contribution in [3.8, 4) is 22.9 Å². The number of esters is 1. The number of nitrogens with one attached hydrogen (secondary N) is 2. The Hall–Kier alpha value is -3.24. The van der Waals surface area contributed by atoms with Crippen molar-refractivity contribution in [2.45, 2.75) is 37.3 Å². The number of H-pyrrole nitrogens is 1. The lowest BCUT2D eigenvalue weighted by molar-refractivity contribution is -0.115. The number of furan rings is 2. The van der Waals surface area contributed by atoms with Gasteiger partial charge in [-0.15, -0.1) is 11.3 Å². The van der Waals surface area contributed by atoms with Crippen molar-refractivity contribution in [3.05, 3.63) is 52.8 Å². The smallest absolute Gasteiger partial charge is 0.341 e. The molecule has 176 valence electrons. The second-order valence-corrected chi connectivity index (χ2v) is 9.96. The second kappa shape index (κ2) is 9.94. The van der Waals surface area contributed by atoms with Crippen LogP contribution in [0.3, 0.4) is 0 Å². The Kier molecular flexibility index (Phi) is 6.59. The number of anilines is 1. The molecule has 0 radical (unpaired) electrons. The lowest BCUT2D eigenvalue weighted by atomic mass is 9.95. The van der Waals surface area contributed by atoms with Gasteiger partial charge in [0.05, 0.1) is 25.2 Å². The van der Waals surface area contributed by atoms with Crippen LogP contribution in [0.5, 0.6) is 0 Å². The highest BCUT2D eigenvalue weighted by molar-refractivity contribution is 7.99. The number of aromatic nitrogens is 2. The molecule has 0 unspecified atom stereocenters. The zero-order valence-corrected chi connectivity index (χ0v) is 20.1. The van der Waals surface area contributed by atoms with Crippen molar-refractivity contribution in [1.29, 1.82) is 0 Å². The van der Waals surface area contributed by atoms with Crippen LogP contribution in [-0.4, -0.2) is 34.7 Å². The minimum absolute atomic E-state index is 0.152. The Morgan fingerprint density at radius 1 is 1.18 bits per heavy atom. The first-order chi connectivity index (χ1) is 16.6. The standard InChI is InChI=1S/C24H23N3O5S2/c1-30-23(29)19-14-6-2-3-9-17(14)34-22(19)25-18(28)10-13-33-24-26-20(15-7-4-11-31-15)21(27-24)16-8-5-12-32-16/h4-5,7-8,11-12H,2-3,6,9-10,13H2,1H3,(H,25,28)(H,26,27). The average Bonchev–Trinajstić information content (AvgIpc) is 3.64. The van der Waals surface area contributed by atoms with Gasteiger partial charge in [-0.05, 0) is 55.5 Å². The van der Waals surface area contributed by atoms with Crippen molar-refractivity contribution >= 4 is 40.0 Å². The van der Waals surface area contributed by atoms with E-state index in [-0.39, 0.29) is 12.3 Å². The largest absolute Gasteiger partial charge is 0.465 e. The third-order valence-electron chi connectivity index (χ3n) is 5.59. The van der Waals surface area contributed by atoms with Gasteiger partial charge in [0.25, 0.3) is 0 Å². The van der Waals surface area contributed by atoms with Gasteiger partial charge >= 0.3 is 5.97 Å². The van der Waals surface area contributed by atoms with Gasteiger partial charge in [-0.3, -0.25) is 4.79 Å². The number of ether oxygens (including phenoxy) is 1. The lowest BCUT2D eigenvalue weighted by Crippen LogP contribution is -2.15. The predicted molar refractivity (Wildman–Crippen MR) is 130 cm³/mol. The van der Waals surface area contributed by atoms with E-state index in [4.69, 9.17) is 13.6 Å². The van der Waals surface area contributed by atoms with Gasteiger partial charge in [0, 0.05) is 17.1 Å². The summed E-state index contributed by atoms with van der Waals surface area (Å²) in [6, 6.07) is 7.30. The fourth-order valence-electron chi connectivity index (χ4n) is 4.01. The molecular formula is C24H23N3O5S2. The van der Waals surface area contributed by atoms with Crippen LogP contribution in [0.4, 0.5) is 5.00 Å². The summed E-state index contributed by atoms with van der Waals surface area (Å²) in [4.78, 5) is 34.2. The SMILES string of the molecule is COC(=O)c1c(NC(=O)CCSc2nc(-c3ccco3)c(-c3ccco3)[nH]2)sc2c1CCCC2. The molecule has 1 amide bonds. The Morgan fingerprint density at radius 3 is 2.68 bits per heavy atom. The molecule has 10 heteroatoms. The van der Waals surface area contributed by atoms with Crippen LogP contribution in [0.2, 0.25) is 0 Å². The molecule has 1 aliphatic carbocycles. The summed E-state index contributed by atoms with van der Waals surface area (Å²) in [6.07, 6.45) is 7.38. The average molecular weight is 498 g/mol. The summed E-state index contributed by atoms with van der Waals surface area (Å²) in [5, 5.41) is 4.18. The lowest BCUT2D eigenvalue weighted by Gasteiger charge is -2.11. The molecule has 0 fully saturated rings. The van der Waals surface area contributed by atoms with Crippen LogP contribution in [0.15, 0.2) is 50.8 Å². The van der Waals surface area contributed by atoms with E-state index in [9.17, 15) is 9.59 Å². The van der Waals surface area contributed by atoms with Gasteiger partial charge in [0.2, 0.25) is 5.91 Å². The number of aryl methyl sites for hydroxylation is 1. The predicted octanol–water partition coefficient (Wildman–Crippen LogP) is 5.78. The Morgan fingerprint density at radius 2 is 1.94 bits per heavy atom. The summed E-state index contributed by atoms with van der Waals surface area (Å²) >= 11 is 2.92. The van der Waals surface area contributed by atoms with Crippen molar-refractivity contribution in [1.82, 2.24) is 9.97 Å². The van der Waals surface area contributed by atoms with E-state index in [0.29, 0.717) is 38.7 Å². The molecule has 2 N–H and O–H groups in total. The Balaban J connectivity index is 1.26. The topological polar surface area (TPSA) is 110 Å². The fourth-order valence-corrected chi connectivity index (χ4v) is 6.12. The summed E-state index contributed by atoms with van der Waals surface area (Å²) in [6.45, 7) is 0. The molecule has 0 spiro atoms. The van der Waals surface area contributed by atoms with Crippen molar-refractivity contribution < 1.29 is 23.2 Å². The summed E-state index contributed by atoms with van der Waals surface area (Å²) < 4.78 is 16.0. The normalized spacial score (nSPS) is 13.0. The molecular weight excluding hydrogens is 474 g/mol. The van der Waals surface area contributed by atoms with Gasteiger partial charge in [0.1, 0.15) is 16.4 Å². The maximum Gasteiger partial charge on any atom is 0.341 e. The molecule has 0 aromatic carbocycles. The van der Waals surface area contributed by atoms with E-state index in [1.807, 2.05) is 18.2 Å². The molecule has 34 heavy (non-hydrogen) atoms. The van der Waals surface area contributed by atoms with Gasteiger partial charge in [-0.1, -0.05) is 11.8 Å². The van der Waals surface area contributed by atoms with Crippen molar-refractivity contribution in [3.63, 3.8) is 0 Å². The summed E-state index contributed by atoms with van der Waals surface area (Å²) in [5.41, 5.74) is 2.91. The number of thiophene rings is 1. The maximum atomic E-state index is 12.7. The molecule has 4 aromatic heterocycles. The number of hydrogen-bond acceptors (Lipinski definition) is 8. The van der Waals surface area contributed by atoms with Crippen LogP contribution in [0.1, 0.15) is 40.1 Å². The summed E-state index contributed by atoms with van der Waals surface area (Å²) in [5.74, 6) is 1.24. The molecule has 0 bridgehead atoms. The molecule has 4 heterocycles. The third kappa shape index (κ3) is 4.55. The monoisotopic (exact) mass is 497 g/mol. The number of hydrogen-bond donors (Lipinski definition) is 2. The number of thioether (sulfide) groups is 1. The number of carbonyl (C=O) groups excluding carboxylic acids is 2. The Labute approximate surface area is 204 Å².